The van der Waals surface area contributed by atoms with E-state index in [4.69, 9.17) is 24.0 Å². The van der Waals surface area contributed by atoms with Gasteiger partial charge in [-0.25, -0.2) is 9.68 Å². The second-order valence-corrected chi connectivity index (χ2v) is 6.25. The molecule has 0 saturated carbocycles. The van der Waals surface area contributed by atoms with Crippen molar-refractivity contribution in [3.63, 3.8) is 0 Å². The number of carbonyl (C=O) groups excluding carboxylic acids is 1. The Morgan fingerprint density at radius 3 is 2.73 bits per heavy atom. The largest absolute Gasteiger partial charge is 0.391 e. The van der Waals surface area contributed by atoms with Crippen LogP contribution in [0, 0.1) is 10.1 Å². The van der Waals surface area contributed by atoms with Crippen LogP contribution in [0.4, 0.5) is 5.69 Å². The topological polar surface area (TPSA) is 142 Å². The highest BCUT2D eigenvalue weighted by molar-refractivity contribution is 5.68. The highest BCUT2D eigenvalue weighted by atomic mass is 17.2. The van der Waals surface area contributed by atoms with Crippen molar-refractivity contribution in [2.75, 3.05) is 46.1 Å². The Balaban J connectivity index is 1.42. The molecule has 1 heterocycles. The summed E-state index contributed by atoms with van der Waals surface area (Å²) < 4.78 is 10.9. The molecule has 2 N–H and O–H groups in total. The number of carbonyl (C=O) groups is 1. The first kappa shape index (κ1) is 24.1. The molecule has 12 nitrogen and oxygen atoms in total. The predicted octanol–water partition coefficient (Wildman–Crippen LogP) is 0.627. The van der Waals surface area contributed by atoms with Gasteiger partial charge in [-0.05, 0) is 30.7 Å². The third kappa shape index (κ3) is 9.09. The molecule has 0 aromatic heterocycles. The van der Waals surface area contributed by atoms with Crippen molar-refractivity contribution in [1.82, 2.24) is 10.7 Å². The van der Waals surface area contributed by atoms with Crippen LogP contribution in [0.3, 0.4) is 0 Å². The summed E-state index contributed by atoms with van der Waals surface area (Å²) in [5.74, 6) is -0.499. The maximum absolute atomic E-state index is 11.4. The lowest BCUT2D eigenvalue weighted by molar-refractivity contribution is -0.460. The van der Waals surface area contributed by atoms with E-state index in [1.807, 2.05) is 0 Å². The molecule has 0 unspecified atom stereocenters. The molecule has 1 aromatic rings. The Hall–Kier alpha value is -2.19. The number of hydrogen-bond donors (Lipinski definition) is 2. The van der Waals surface area contributed by atoms with Crippen LogP contribution >= 0.6 is 0 Å². The van der Waals surface area contributed by atoms with Crippen molar-refractivity contribution in [3.8, 4) is 0 Å². The number of rotatable bonds is 15. The van der Waals surface area contributed by atoms with Crippen LogP contribution in [0.5, 0.6) is 0 Å². The van der Waals surface area contributed by atoms with Crippen molar-refractivity contribution in [1.29, 1.82) is 0 Å². The van der Waals surface area contributed by atoms with E-state index in [2.05, 4.69) is 5.32 Å². The minimum atomic E-state index is -0.518. The molecular formula is C18H27N3O9. The Labute approximate surface area is 173 Å². The first-order valence-corrected chi connectivity index (χ1v) is 9.60. The van der Waals surface area contributed by atoms with Crippen LogP contribution in [0.15, 0.2) is 18.2 Å². The van der Waals surface area contributed by atoms with Gasteiger partial charge >= 0.3 is 5.97 Å². The summed E-state index contributed by atoms with van der Waals surface area (Å²) in [5, 5.41) is 24.0. The molecule has 0 atom stereocenters. The van der Waals surface area contributed by atoms with E-state index >= 15 is 0 Å². The van der Waals surface area contributed by atoms with Gasteiger partial charge in [0.2, 0.25) is 0 Å². The number of aliphatic hydroxyl groups is 1. The van der Waals surface area contributed by atoms with Gasteiger partial charge in [0.15, 0.2) is 0 Å². The molecule has 30 heavy (non-hydrogen) atoms. The lowest BCUT2D eigenvalue weighted by Crippen LogP contribution is -2.24. The lowest BCUT2D eigenvalue weighted by Gasteiger charge is -2.10. The zero-order chi connectivity index (χ0) is 21.6. The Bertz CT molecular complexity index is 668. The number of nitrogens with one attached hydrogen (secondary N) is 1. The van der Waals surface area contributed by atoms with Crippen molar-refractivity contribution >= 4 is 11.7 Å². The molecule has 1 aromatic carbocycles. The molecule has 12 heteroatoms. The van der Waals surface area contributed by atoms with Gasteiger partial charge in [-0.2, -0.15) is 0 Å². The number of hydrogen-bond acceptors (Lipinski definition) is 11. The average molecular weight is 429 g/mol. The fourth-order valence-corrected chi connectivity index (χ4v) is 2.49. The molecule has 1 aliphatic heterocycles. The van der Waals surface area contributed by atoms with Crippen molar-refractivity contribution < 1.29 is 38.8 Å². The molecule has 0 amide bonds. The second kappa shape index (κ2) is 13.9. The molecule has 1 fully saturated rings. The lowest BCUT2D eigenvalue weighted by atomic mass is 10.1. The average Bonchev–Trinajstić information content (AvgIpc) is 3.24. The smallest absolute Gasteiger partial charge is 0.333 e. The number of ether oxygens (including phenoxy) is 2. The maximum atomic E-state index is 11.4. The van der Waals surface area contributed by atoms with Gasteiger partial charge in [0.25, 0.3) is 5.69 Å². The number of nitrogens with zero attached hydrogens (tertiary/aromatic N) is 2. The van der Waals surface area contributed by atoms with Crippen LogP contribution in [-0.2, 0) is 42.0 Å². The Kier molecular flexibility index (Phi) is 11.2. The number of aliphatic hydroxyl groups excluding tert-OH is 1. The highest BCUT2D eigenvalue weighted by Gasteiger charge is 2.18. The van der Waals surface area contributed by atoms with Gasteiger partial charge in [0, 0.05) is 19.2 Å². The van der Waals surface area contributed by atoms with Crippen molar-refractivity contribution in [2.24, 2.45) is 0 Å². The number of nitro groups is 1. The van der Waals surface area contributed by atoms with Gasteiger partial charge < -0.3 is 24.7 Å². The SMILES string of the molecule is O=C(CCOCCNCCCOCc1ccc([N+](=O)[O-])c(CO)c1)ON1OCCO1. The minimum absolute atomic E-state index is 0.0949. The maximum Gasteiger partial charge on any atom is 0.333 e. The molecule has 2 rings (SSSR count). The molecule has 168 valence electrons. The zero-order valence-electron chi connectivity index (χ0n) is 16.6. The van der Waals surface area contributed by atoms with Crippen LogP contribution in [0.2, 0.25) is 0 Å². The van der Waals surface area contributed by atoms with E-state index in [1.54, 1.807) is 12.1 Å². The van der Waals surface area contributed by atoms with Gasteiger partial charge in [0.1, 0.15) is 18.6 Å². The summed E-state index contributed by atoms with van der Waals surface area (Å²) in [6.45, 7) is 3.21. The molecule has 1 aliphatic rings. The molecule has 0 bridgehead atoms. The third-order valence-corrected chi connectivity index (χ3v) is 3.95. The van der Waals surface area contributed by atoms with E-state index in [0.29, 0.717) is 45.0 Å². The zero-order valence-corrected chi connectivity index (χ0v) is 16.6. The fourth-order valence-electron chi connectivity index (χ4n) is 2.49. The van der Waals surface area contributed by atoms with E-state index in [-0.39, 0.29) is 24.3 Å². The van der Waals surface area contributed by atoms with Gasteiger partial charge in [0.05, 0.1) is 43.3 Å². The summed E-state index contributed by atoms with van der Waals surface area (Å²) in [7, 11) is 0. The molecule has 0 spiro atoms. The second-order valence-electron chi connectivity index (χ2n) is 6.25. The van der Waals surface area contributed by atoms with Crippen LogP contribution in [0.1, 0.15) is 24.0 Å². The van der Waals surface area contributed by atoms with E-state index in [9.17, 15) is 20.0 Å². The quantitative estimate of drug-likeness (QED) is 0.230. The Morgan fingerprint density at radius 1 is 1.20 bits per heavy atom. The van der Waals surface area contributed by atoms with Gasteiger partial charge in [-0.3, -0.25) is 14.9 Å². The summed E-state index contributed by atoms with van der Waals surface area (Å²) in [6.07, 6.45) is 0.875. The standard InChI is InChI=1S/C18H27N3O9/c22-13-16-12-15(2-3-17(16)20(24)25)14-27-7-1-5-19-6-9-26-8-4-18(23)30-21-28-10-11-29-21/h2-3,12,19,22H,1,4-11,13-14H2. The molecule has 1 saturated heterocycles. The van der Waals surface area contributed by atoms with E-state index in [0.717, 1.165) is 18.5 Å². The third-order valence-electron chi connectivity index (χ3n) is 3.95. The summed E-state index contributed by atoms with van der Waals surface area (Å²) >= 11 is 0. The summed E-state index contributed by atoms with van der Waals surface area (Å²) in [4.78, 5) is 36.2. The molecule has 0 aliphatic carbocycles. The minimum Gasteiger partial charge on any atom is -0.391 e. The van der Waals surface area contributed by atoms with E-state index < -0.39 is 17.5 Å². The van der Waals surface area contributed by atoms with Gasteiger partial charge in [-0.1, -0.05) is 0 Å². The Morgan fingerprint density at radius 2 is 2.00 bits per heavy atom. The summed E-state index contributed by atoms with van der Waals surface area (Å²) in [5.41, 5.74) is 0.945. The predicted molar refractivity (Wildman–Crippen MR) is 101 cm³/mol. The first-order valence-electron chi connectivity index (χ1n) is 9.60. The van der Waals surface area contributed by atoms with Crippen molar-refractivity contribution in [2.45, 2.75) is 26.1 Å². The first-order chi connectivity index (χ1) is 14.6. The highest BCUT2D eigenvalue weighted by Crippen LogP contribution is 2.20. The van der Waals surface area contributed by atoms with Gasteiger partial charge in [-0.15, -0.1) is 0 Å². The molecular weight excluding hydrogens is 402 g/mol. The fraction of sp³-hybridized carbons (Fsp3) is 0.611. The number of benzene rings is 1. The van der Waals surface area contributed by atoms with Crippen LogP contribution < -0.4 is 5.32 Å². The van der Waals surface area contributed by atoms with Crippen molar-refractivity contribution in [3.05, 3.63) is 39.4 Å². The van der Waals surface area contributed by atoms with E-state index in [1.165, 1.54) is 6.07 Å². The van der Waals surface area contributed by atoms with Crippen LogP contribution in [0.25, 0.3) is 0 Å². The van der Waals surface area contributed by atoms with Crippen LogP contribution in [-0.4, -0.2) is 67.5 Å². The summed E-state index contributed by atoms with van der Waals surface area (Å²) in [6, 6.07) is 4.57. The molecule has 0 radical (unpaired) electrons. The monoisotopic (exact) mass is 429 g/mol. The normalized spacial score (nSPS) is 14.2. The number of nitro benzene ring substituents is 1.